The fourth-order valence-corrected chi connectivity index (χ4v) is 1.80. The fraction of sp³-hybridized carbons (Fsp3) is 0.286. The van der Waals surface area contributed by atoms with Gasteiger partial charge >= 0.3 is 0 Å². The number of nitrogens with zero attached hydrogens (tertiary/aromatic N) is 2. The van der Waals surface area contributed by atoms with Crippen molar-refractivity contribution in [2.75, 3.05) is 23.8 Å². The molecule has 0 saturated heterocycles. The molecule has 0 aliphatic carbocycles. The normalized spacial score (nSPS) is 11.9. The molecule has 5 heteroatoms. The van der Waals surface area contributed by atoms with Crippen molar-refractivity contribution in [3.05, 3.63) is 48.3 Å². The van der Waals surface area contributed by atoms with Crippen LogP contribution in [0.2, 0.25) is 0 Å². The number of benzene rings is 1. The number of rotatable bonds is 6. The van der Waals surface area contributed by atoms with E-state index >= 15 is 0 Å². The van der Waals surface area contributed by atoms with E-state index < -0.39 is 0 Å². The lowest BCUT2D eigenvalue weighted by Crippen LogP contribution is -2.16. The van der Waals surface area contributed by atoms with Crippen LogP contribution in [-0.2, 0) is 0 Å². The van der Waals surface area contributed by atoms with Crippen LogP contribution in [0, 0.1) is 0 Å². The van der Waals surface area contributed by atoms with Crippen LogP contribution in [0.15, 0.2) is 42.7 Å². The van der Waals surface area contributed by atoms with E-state index in [1.54, 1.807) is 12.4 Å². The average molecular weight is 258 g/mol. The summed E-state index contributed by atoms with van der Waals surface area (Å²) in [6.45, 7) is 2.79. The predicted octanol–water partition coefficient (Wildman–Crippen LogP) is 2.05. The van der Waals surface area contributed by atoms with Crippen LogP contribution in [0.25, 0.3) is 0 Å². The second-order valence-electron chi connectivity index (χ2n) is 4.11. The minimum atomic E-state index is -0.188. The highest BCUT2D eigenvalue weighted by molar-refractivity contribution is 5.43. The zero-order valence-electron chi connectivity index (χ0n) is 10.9. The smallest absolute Gasteiger partial charge is 0.147 e. The van der Waals surface area contributed by atoms with Gasteiger partial charge in [-0.05, 0) is 12.5 Å². The Morgan fingerprint density at radius 1 is 1.16 bits per heavy atom. The number of anilines is 2. The first-order valence-corrected chi connectivity index (χ1v) is 6.31. The summed E-state index contributed by atoms with van der Waals surface area (Å²) in [7, 11) is 0. The van der Waals surface area contributed by atoms with Gasteiger partial charge in [0.05, 0.1) is 25.0 Å². The second-order valence-corrected chi connectivity index (χ2v) is 4.11. The van der Waals surface area contributed by atoms with E-state index in [2.05, 4.69) is 20.6 Å². The van der Waals surface area contributed by atoms with Crippen LogP contribution in [0.1, 0.15) is 18.5 Å². The fourth-order valence-electron chi connectivity index (χ4n) is 1.80. The summed E-state index contributed by atoms with van der Waals surface area (Å²) in [5, 5.41) is 15.8. The van der Waals surface area contributed by atoms with E-state index in [1.165, 1.54) is 0 Å². The highest BCUT2D eigenvalue weighted by Gasteiger charge is 2.10. The lowest BCUT2D eigenvalue weighted by atomic mass is 10.1. The Labute approximate surface area is 112 Å². The quantitative estimate of drug-likeness (QED) is 0.740. The highest BCUT2D eigenvalue weighted by Crippen LogP contribution is 2.17. The van der Waals surface area contributed by atoms with Crippen molar-refractivity contribution >= 4 is 11.6 Å². The molecule has 3 N–H and O–H groups in total. The van der Waals surface area contributed by atoms with Crippen LogP contribution in [-0.4, -0.2) is 28.2 Å². The molecule has 0 spiro atoms. The first-order chi connectivity index (χ1) is 9.33. The van der Waals surface area contributed by atoms with Gasteiger partial charge in [0.15, 0.2) is 0 Å². The molecule has 1 aromatic heterocycles. The minimum absolute atomic E-state index is 0.00285. The summed E-state index contributed by atoms with van der Waals surface area (Å²) >= 11 is 0. The standard InChI is InChI=1S/C14H18N4O/c1-2-16-13-8-15-9-14(18-13)17-12(10-19)11-6-4-3-5-7-11/h3-9,12,19H,2,10H2,1H3,(H2,16,17,18). The van der Waals surface area contributed by atoms with Gasteiger partial charge in [0.2, 0.25) is 0 Å². The van der Waals surface area contributed by atoms with Crippen molar-refractivity contribution in [3.63, 3.8) is 0 Å². The predicted molar refractivity (Wildman–Crippen MR) is 76.1 cm³/mol. The Morgan fingerprint density at radius 3 is 2.58 bits per heavy atom. The van der Waals surface area contributed by atoms with Crippen LogP contribution in [0.5, 0.6) is 0 Å². The van der Waals surface area contributed by atoms with E-state index in [1.807, 2.05) is 37.3 Å². The molecule has 2 aromatic rings. The Bertz CT molecular complexity index is 504. The van der Waals surface area contributed by atoms with Crippen molar-refractivity contribution in [1.82, 2.24) is 9.97 Å². The summed E-state index contributed by atoms with van der Waals surface area (Å²) in [5.74, 6) is 1.36. The third-order valence-electron chi connectivity index (χ3n) is 2.70. The molecule has 1 heterocycles. The van der Waals surface area contributed by atoms with Crippen LogP contribution >= 0.6 is 0 Å². The molecule has 0 radical (unpaired) electrons. The summed E-state index contributed by atoms with van der Waals surface area (Å²) in [6, 6.07) is 9.59. The summed E-state index contributed by atoms with van der Waals surface area (Å²) in [6.07, 6.45) is 3.32. The lowest BCUT2D eigenvalue weighted by molar-refractivity contribution is 0.276. The number of aliphatic hydroxyl groups is 1. The third-order valence-corrected chi connectivity index (χ3v) is 2.70. The Morgan fingerprint density at radius 2 is 1.89 bits per heavy atom. The zero-order valence-corrected chi connectivity index (χ0v) is 10.9. The van der Waals surface area contributed by atoms with Crippen LogP contribution in [0.4, 0.5) is 11.6 Å². The lowest BCUT2D eigenvalue weighted by Gasteiger charge is -2.17. The van der Waals surface area contributed by atoms with Gasteiger partial charge in [0, 0.05) is 6.54 Å². The highest BCUT2D eigenvalue weighted by atomic mass is 16.3. The second kappa shape index (κ2) is 6.70. The summed E-state index contributed by atoms with van der Waals surface area (Å²) in [4.78, 5) is 8.50. The van der Waals surface area contributed by atoms with Gasteiger partial charge < -0.3 is 15.7 Å². The van der Waals surface area contributed by atoms with Crippen molar-refractivity contribution < 1.29 is 5.11 Å². The third kappa shape index (κ3) is 3.66. The molecule has 1 atom stereocenters. The molecule has 0 aliphatic rings. The molecular weight excluding hydrogens is 240 g/mol. The molecule has 0 saturated carbocycles. The van der Waals surface area contributed by atoms with Crippen molar-refractivity contribution in [2.24, 2.45) is 0 Å². The molecule has 1 unspecified atom stereocenters. The minimum Gasteiger partial charge on any atom is -0.394 e. The van der Waals surface area contributed by atoms with Crippen molar-refractivity contribution in [1.29, 1.82) is 0 Å². The molecule has 1 aromatic carbocycles. The first-order valence-electron chi connectivity index (χ1n) is 6.31. The van der Waals surface area contributed by atoms with Crippen molar-refractivity contribution in [2.45, 2.75) is 13.0 Å². The largest absolute Gasteiger partial charge is 0.394 e. The molecule has 0 aliphatic heterocycles. The van der Waals surface area contributed by atoms with E-state index in [4.69, 9.17) is 0 Å². The molecule has 100 valence electrons. The Balaban J connectivity index is 2.12. The number of nitrogens with one attached hydrogen (secondary N) is 2. The molecule has 0 fully saturated rings. The molecule has 0 amide bonds. The number of hydrogen-bond acceptors (Lipinski definition) is 5. The van der Waals surface area contributed by atoms with Gasteiger partial charge in [-0.2, -0.15) is 0 Å². The van der Waals surface area contributed by atoms with Crippen LogP contribution in [0.3, 0.4) is 0 Å². The molecule has 5 nitrogen and oxygen atoms in total. The molecule has 2 rings (SSSR count). The van der Waals surface area contributed by atoms with Gasteiger partial charge in [-0.1, -0.05) is 30.3 Å². The van der Waals surface area contributed by atoms with Gasteiger partial charge in [0.25, 0.3) is 0 Å². The molecular formula is C14H18N4O. The Kier molecular flexibility index (Phi) is 4.69. The SMILES string of the molecule is CCNc1cncc(NC(CO)c2ccccc2)n1. The Hall–Kier alpha value is -2.14. The molecule has 19 heavy (non-hydrogen) atoms. The van der Waals surface area contributed by atoms with E-state index in [0.717, 1.165) is 17.9 Å². The summed E-state index contributed by atoms with van der Waals surface area (Å²) < 4.78 is 0. The maximum atomic E-state index is 9.49. The molecule has 0 bridgehead atoms. The van der Waals surface area contributed by atoms with Gasteiger partial charge in [-0.15, -0.1) is 0 Å². The average Bonchev–Trinajstić information content (AvgIpc) is 2.46. The van der Waals surface area contributed by atoms with E-state index in [9.17, 15) is 5.11 Å². The van der Waals surface area contributed by atoms with Gasteiger partial charge in [-0.3, -0.25) is 4.98 Å². The number of hydrogen-bond donors (Lipinski definition) is 3. The maximum absolute atomic E-state index is 9.49. The first kappa shape index (κ1) is 13.3. The number of aliphatic hydroxyl groups excluding tert-OH is 1. The van der Waals surface area contributed by atoms with Crippen molar-refractivity contribution in [3.8, 4) is 0 Å². The maximum Gasteiger partial charge on any atom is 0.147 e. The van der Waals surface area contributed by atoms with Crippen LogP contribution < -0.4 is 10.6 Å². The topological polar surface area (TPSA) is 70.1 Å². The monoisotopic (exact) mass is 258 g/mol. The van der Waals surface area contributed by atoms with Gasteiger partial charge in [0.1, 0.15) is 11.6 Å². The number of aromatic nitrogens is 2. The zero-order chi connectivity index (χ0) is 13.5. The van der Waals surface area contributed by atoms with Gasteiger partial charge in [-0.25, -0.2) is 4.98 Å². The summed E-state index contributed by atoms with van der Waals surface area (Å²) in [5.41, 5.74) is 1.01. The van der Waals surface area contributed by atoms with E-state index in [0.29, 0.717) is 5.82 Å². The van der Waals surface area contributed by atoms with E-state index in [-0.39, 0.29) is 12.6 Å².